The molecule has 1 fully saturated rings. The van der Waals surface area contributed by atoms with Gasteiger partial charge in [-0.2, -0.15) is 0 Å². The lowest BCUT2D eigenvalue weighted by Gasteiger charge is -2.30. The number of piperidine rings is 1. The highest BCUT2D eigenvalue weighted by molar-refractivity contribution is 5.94. The SMILES string of the molecule is Cl.Fc1cccc(CN2CCC(=C3c4ccccc4C=Cc4ccccc43)CC2)c1. The summed E-state index contributed by atoms with van der Waals surface area (Å²) in [6, 6.07) is 24.4. The molecular weight excluding hydrogens is 393 g/mol. The van der Waals surface area contributed by atoms with E-state index in [0.717, 1.165) is 38.0 Å². The standard InChI is InChI=1S/C27H24FN.ClH/c28-24-9-5-6-20(18-24)19-29-16-14-23(15-17-29)27-25-10-3-1-7-21(25)12-13-22-8-2-4-11-26(22)27;/h1-13,18H,14-17,19H2;1H. The Labute approximate surface area is 184 Å². The molecule has 5 rings (SSSR count). The van der Waals surface area contributed by atoms with Crippen LogP contribution in [0.4, 0.5) is 4.39 Å². The molecule has 1 nitrogen and oxygen atoms in total. The third-order valence-electron chi connectivity index (χ3n) is 6.01. The van der Waals surface area contributed by atoms with Gasteiger partial charge in [0.05, 0.1) is 0 Å². The lowest BCUT2D eigenvalue weighted by atomic mass is 9.86. The molecule has 0 amide bonds. The fraction of sp³-hybridized carbons (Fsp3) is 0.185. The zero-order valence-corrected chi connectivity index (χ0v) is 17.7. The Balaban J connectivity index is 0.00000218. The molecule has 3 aromatic carbocycles. The molecule has 0 radical (unpaired) electrons. The van der Waals surface area contributed by atoms with Crippen molar-refractivity contribution in [2.75, 3.05) is 13.1 Å². The molecular formula is C27H25ClFN. The predicted molar refractivity (Wildman–Crippen MR) is 126 cm³/mol. The minimum absolute atomic E-state index is 0. The molecule has 3 heteroatoms. The van der Waals surface area contributed by atoms with E-state index >= 15 is 0 Å². The summed E-state index contributed by atoms with van der Waals surface area (Å²) in [6.45, 7) is 2.83. The average molecular weight is 418 g/mol. The van der Waals surface area contributed by atoms with Crippen LogP contribution in [0, 0.1) is 5.82 Å². The van der Waals surface area contributed by atoms with Crippen molar-refractivity contribution in [1.29, 1.82) is 0 Å². The van der Waals surface area contributed by atoms with Crippen LogP contribution >= 0.6 is 12.4 Å². The van der Waals surface area contributed by atoms with Crippen molar-refractivity contribution < 1.29 is 4.39 Å². The number of likely N-dealkylation sites (tertiary alicyclic amines) is 1. The molecule has 0 unspecified atom stereocenters. The Morgan fingerprint density at radius 3 is 1.93 bits per heavy atom. The minimum atomic E-state index is -0.151. The lowest BCUT2D eigenvalue weighted by molar-refractivity contribution is 0.248. The van der Waals surface area contributed by atoms with Gasteiger partial charge in [-0.15, -0.1) is 12.4 Å². The van der Waals surface area contributed by atoms with Crippen LogP contribution in [0.25, 0.3) is 17.7 Å². The van der Waals surface area contributed by atoms with E-state index in [1.165, 1.54) is 39.5 Å². The molecule has 2 aliphatic rings. The third kappa shape index (κ3) is 4.12. The predicted octanol–water partition coefficient (Wildman–Crippen LogP) is 6.83. The van der Waals surface area contributed by atoms with Crippen LogP contribution in [-0.4, -0.2) is 18.0 Å². The Bertz CT molecular complexity index is 1050. The van der Waals surface area contributed by atoms with E-state index in [4.69, 9.17) is 0 Å². The van der Waals surface area contributed by atoms with Gasteiger partial charge in [-0.25, -0.2) is 4.39 Å². The summed E-state index contributed by atoms with van der Waals surface area (Å²) in [5.41, 5.74) is 9.23. The second kappa shape index (κ2) is 8.99. The van der Waals surface area contributed by atoms with E-state index in [1.807, 2.05) is 6.07 Å². The first-order chi connectivity index (χ1) is 14.3. The van der Waals surface area contributed by atoms with Gasteiger partial charge < -0.3 is 0 Å². The first-order valence-electron chi connectivity index (χ1n) is 10.3. The molecule has 0 bridgehead atoms. The van der Waals surface area contributed by atoms with Crippen molar-refractivity contribution in [3.8, 4) is 0 Å². The maximum absolute atomic E-state index is 13.5. The molecule has 152 valence electrons. The molecule has 3 aromatic rings. The quantitative estimate of drug-likeness (QED) is 0.345. The second-order valence-corrected chi connectivity index (χ2v) is 7.89. The minimum Gasteiger partial charge on any atom is -0.298 e. The molecule has 0 atom stereocenters. The van der Waals surface area contributed by atoms with Crippen LogP contribution in [0.3, 0.4) is 0 Å². The van der Waals surface area contributed by atoms with Gasteiger partial charge >= 0.3 is 0 Å². The highest BCUT2D eigenvalue weighted by atomic mass is 35.5. The van der Waals surface area contributed by atoms with Crippen molar-refractivity contribution >= 4 is 30.1 Å². The molecule has 0 aromatic heterocycles. The monoisotopic (exact) mass is 417 g/mol. The van der Waals surface area contributed by atoms with Gasteiger partial charge in [0.25, 0.3) is 0 Å². The van der Waals surface area contributed by atoms with Gasteiger partial charge in [-0.1, -0.05) is 78.4 Å². The first kappa shape index (κ1) is 20.6. The van der Waals surface area contributed by atoms with Gasteiger partial charge in [0.2, 0.25) is 0 Å². The van der Waals surface area contributed by atoms with Crippen LogP contribution in [-0.2, 0) is 6.54 Å². The Morgan fingerprint density at radius 1 is 0.733 bits per heavy atom. The Morgan fingerprint density at radius 2 is 1.33 bits per heavy atom. The van der Waals surface area contributed by atoms with Gasteiger partial charge in [0, 0.05) is 19.6 Å². The Hall–Kier alpha value is -2.68. The molecule has 0 spiro atoms. The molecule has 1 aliphatic carbocycles. The number of fused-ring (bicyclic) bond motifs is 2. The van der Waals surface area contributed by atoms with Crippen molar-refractivity contribution in [2.45, 2.75) is 19.4 Å². The smallest absolute Gasteiger partial charge is 0.123 e. The summed E-state index contributed by atoms with van der Waals surface area (Å²) < 4.78 is 13.5. The summed E-state index contributed by atoms with van der Waals surface area (Å²) in [5.74, 6) is -0.151. The zero-order valence-electron chi connectivity index (χ0n) is 16.9. The number of halogens is 2. The maximum atomic E-state index is 13.5. The summed E-state index contributed by atoms with van der Waals surface area (Å²) in [5, 5.41) is 0. The topological polar surface area (TPSA) is 3.24 Å². The van der Waals surface area contributed by atoms with E-state index in [2.05, 4.69) is 65.6 Å². The number of hydrogen-bond donors (Lipinski definition) is 0. The molecule has 30 heavy (non-hydrogen) atoms. The second-order valence-electron chi connectivity index (χ2n) is 7.89. The maximum Gasteiger partial charge on any atom is 0.123 e. The van der Waals surface area contributed by atoms with Gasteiger partial charge in [-0.05, 0) is 58.4 Å². The van der Waals surface area contributed by atoms with E-state index in [1.54, 1.807) is 12.1 Å². The first-order valence-corrected chi connectivity index (χ1v) is 10.3. The van der Waals surface area contributed by atoms with Gasteiger partial charge in [-0.3, -0.25) is 4.90 Å². The van der Waals surface area contributed by atoms with Crippen LogP contribution < -0.4 is 0 Å². The van der Waals surface area contributed by atoms with Crippen LogP contribution in [0.15, 0.2) is 78.4 Å². The fourth-order valence-electron chi connectivity index (χ4n) is 4.57. The Kier molecular flexibility index (Phi) is 6.17. The largest absolute Gasteiger partial charge is 0.298 e. The van der Waals surface area contributed by atoms with Crippen LogP contribution in [0.1, 0.15) is 40.7 Å². The molecule has 0 N–H and O–H groups in total. The highest BCUT2D eigenvalue weighted by Crippen LogP contribution is 2.38. The van der Waals surface area contributed by atoms with Crippen LogP contribution in [0.2, 0.25) is 0 Å². The normalized spacial score (nSPS) is 15.8. The number of hydrogen-bond acceptors (Lipinski definition) is 1. The summed E-state index contributed by atoms with van der Waals surface area (Å²) in [4.78, 5) is 2.44. The van der Waals surface area contributed by atoms with Crippen molar-refractivity contribution in [3.63, 3.8) is 0 Å². The van der Waals surface area contributed by atoms with Crippen molar-refractivity contribution in [1.82, 2.24) is 4.90 Å². The molecule has 1 aliphatic heterocycles. The summed E-state index contributed by atoms with van der Waals surface area (Å²) in [6.07, 6.45) is 6.57. The summed E-state index contributed by atoms with van der Waals surface area (Å²) >= 11 is 0. The average Bonchev–Trinajstić information content (AvgIpc) is 2.91. The number of rotatable bonds is 2. The summed E-state index contributed by atoms with van der Waals surface area (Å²) in [7, 11) is 0. The molecule has 1 heterocycles. The number of benzene rings is 3. The zero-order chi connectivity index (χ0) is 19.6. The molecule has 0 saturated carbocycles. The van der Waals surface area contributed by atoms with E-state index in [0.29, 0.717) is 0 Å². The van der Waals surface area contributed by atoms with E-state index in [9.17, 15) is 4.39 Å². The highest BCUT2D eigenvalue weighted by Gasteiger charge is 2.22. The van der Waals surface area contributed by atoms with Crippen LogP contribution in [0.5, 0.6) is 0 Å². The van der Waals surface area contributed by atoms with Crippen molar-refractivity contribution in [2.24, 2.45) is 0 Å². The van der Waals surface area contributed by atoms with Crippen molar-refractivity contribution in [3.05, 3.63) is 112 Å². The third-order valence-corrected chi connectivity index (χ3v) is 6.01. The van der Waals surface area contributed by atoms with E-state index in [-0.39, 0.29) is 18.2 Å². The fourth-order valence-corrected chi connectivity index (χ4v) is 4.57. The van der Waals surface area contributed by atoms with E-state index < -0.39 is 0 Å². The number of nitrogens with zero attached hydrogens (tertiary/aromatic N) is 1. The van der Waals surface area contributed by atoms with Gasteiger partial charge in [0.15, 0.2) is 0 Å². The lowest BCUT2D eigenvalue weighted by Crippen LogP contribution is -2.30. The molecule has 1 saturated heterocycles. The van der Waals surface area contributed by atoms with Gasteiger partial charge in [0.1, 0.15) is 5.82 Å².